The summed E-state index contributed by atoms with van der Waals surface area (Å²) in [5, 5.41) is 10.5. The van der Waals surface area contributed by atoms with E-state index in [0.29, 0.717) is 15.6 Å². The second-order valence-electron chi connectivity index (χ2n) is 2.62. The summed E-state index contributed by atoms with van der Waals surface area (Å²) in [4.78, 5) is 2.93. The van der Waals surface area contributed by atoms with E-state index < -0.39 is 0 Å². The van der Waals surface area contributed by atoms with Crippen LogP contribution in [0.4, 0.5) is 0 Å². The molecular formula is C9H4Cl2N2. The molecule has 0 bridgehead atoms. The standard InChI is InChI=1S/C9H4Cl2N2/c10-6-1-7(11)9-5(3-12)4-13-8(9)2-6/h1-2,4,13H. The van der Waals surface area contributed by atoms with Crippen molar-refractivity contribution in [3.8, 4) is 6.07 Å². The highest BCUT2D eigenvalue weighted by molar-refractivity contribution is 6.38. The van der Waals surface area contributed by atoms with Crippen LogP contribution in [0.3, 0.4) is 0 Å². The predicted molar refractivity (Wildman–Crippen MR) is 53.0 cm³/mol. The Morgan fingerprint density at radius 1 is 1.31 bits per heavy atom. The molecule has 1 aromatic carbocycles. The topological polar surface area (TPSA) is 39.6 Å². The average Bonchev–Trinajstić information content (AvgIpc) is 2.47. The van der Waals surface area contributed by atoms with Crippen molar-refractivity contribution >= 4 is 34.1 Å². The Labute approximate surface area is 84.7 Å². The normalized spacial score (nSPS) is 10.2. The zero-order valence-electron chi connectivity index (χ0n) is 6.44. The second-order valence-corrected chi connectivity index (χ2v) is 3.47. The summed E-state index contributed by atoms with van der Waals surface area (Å²) >= 11 is 11.7. The van der Waals surface area contributed by atoms with Gasteiger partial charge >= 0.3 is 0 Å². The molecule has 0 aliphatic heterocycles. The van der Waals surface area contributed by atoms with Crippen LogP contribution in [0.1, 0.15) is 5.56 Å². The van der Waals surface area contributed by atoms with Gasteiger partial charge in [0, 0.05) is 22.1 Å². The first-order valence-electron chi connectivity index (χ1n) is 3.58. The average molecular weight is 211 g/mol. The van der Waals surface area contributed by atoms with Crippen LogP contribution in [0.25, 0.3) is 10.9 Å². The monoisotopic (exact) mass is 210 g/mol. The molecule has 0 radical (unpaired) electrons. The third-order valence-corrected chi connectivity index (χ3v) is 2.33. The minimum absolute atomic E-state index is 0.500. The van der Waals surface area contributed by atoms with Crippen molar-refractivity contribution in [3.63, 3.8) is 0 Å². The fraction of sp³-hybridized carbons (Fsp3) is 0. The molecule has 1 N–H and O–H groups in total. The van der Waals surface area contributed by atoms with Crippen LogP contribution in [0.2, 0.25) is 10.0 Å². The molecule has 0 amide bonds. The van der Waals surface area contributed by atoms with Crippen molar-refractivity contribution in [2.45, 2.75) is 0 Å². The van der Waals surface area contributed by atoms with Crippen molar-refractivity contribution in [3.05, 3.63) is 33.9 Å². The third-order valence-electron chi connectivity index (χ3n) is 1.82. The number of benzene rings is 1. The number of nitriles is 1. The van der Waals surface area contributed by atoms with E-state index in [1.807, 2.05) is 0 Å². The fourth-order valence-electron chi connectivity index (χ4n) is 1.27. The number of halogens is 2. The van der Waals surface area contributed by atoms with E-state index in [0.717, 1.165) is 10.9 Å². The molecule has 0 aliphatic rings. The minimum atomic E-state index is 0.500. The Hall–Kier alpha value is -1.17. The molecule has 0 aliphatic carbocycles. The smallest absolute Gasteiger partial charge is 0.101 e. The number of aromatic amines is 1. The van der Waals surface area contributed by atoms with Crippen LogP contribution >= 0.6 is 23.2 Å². The van der Waals surface area contributed by atoms with E-state index in [1.165, 1.54) is 0 Å². The van der Waals surface area contributed by atoms with Gasteiger partial charge in [-0.25, -0.2) is 0 Å². The number of hydrogen-bond acceptors (Lipinski definition) is 1. The zero-order chi connectivity index (χ0) is 9.42. The molecule has 0 atom stereocenters. The Balaban J connectivity index is 2.92. The molecule has 0 saturated heterocycles. The number of fused-ring (bicyclic) bond motifs is 1. The molecule has 0 unspecified atom stereocenters. The predicted octanol–water partition coefficient (Wildman–Crippen LogP) is 3.35. The van der Waals surface area contributed by atoms with Crippen LogP contribution < -0.4 is 0 Å². The molecule has 0 fully saturated rings. The highest BCUT2D eigenvalue weighted by Gasteiger charge is 2.07. The van der Waals surface area contributed by atoms with Gasteiger partial charge in [-0.1, -0.05) is 23.2 Å². The zero-order valence-corrected chi connectivity index (χ0v) is 7.95. The van der Waals surface area contributed by atoms with E-state index in [-0.39, 0.29) is 0 Å². The highest BCUT2D eigenvalue weighted by Crippen LogP contribution is 2.29. The van der Waals surface area contributed by atoms with Crippen molar-refractivity contribution in [1.82, 2.24) is 4.98 Å². The van der Waals surface area contributed by atoms with Gasteiger partial charge in [0.15, 0.2) is 0 Å². The fourth-order valence-corrected chi connectivity index (χ4v) is 1.87. The highest BCUT2D eigenvalue weighted by atomic mass is 35.5. The Bertz CT molecular complexity index is 508. The first kappa shape index (κ1) is 8.43. The summed E-state index contributed by atoms with van der Waals surface area (Å²) in [5.41, 5.74) is 1.32. The number of nitrogens with one attached hydrogen (secondary N) is 1. The second kappa shape index (κ2) is 2.95. The summed E-state index contributed by atoms with van der Waals surface area (Å²) < 4.78 is 0. The van der Waals surface area contributed by atoms with Crippen molar-refractivity contribution in [2.75, 3.05) is 0 Å². The summed E-state index contributed by atoms with van der Waals surface area (Å²) in [6.45, 7) is 0. The minimum Gasteiger partial charge on any atom is -0.360 e. The van der Waals surface area contributed by atoms with E-state index in [4.69, 9.17) is 28.5 Å². The van der Waals surface area contributed by atoms with Gasteiger partial charge in [-0.2, -0.15) is 5.26 Å². The van der Waals surface area contributed by atoms with Crippen LogP contribution in [0.15, 0.2) is 18.3 Å². The van der Waals surface area contributed by atoms with Crippen LogP contribution in [-0.2, 0) is 0 Å². The molecule has 2 rings (SSSR count). The van der Waals surface area contributed by atoms with Gasteiger partial charge in [-0.3, -0.25) is 0 Å². The van der Waals surface area contributed by atoms with Crippen molar-refractivity contribution in [2.24, 2.45) is 0 Å². The van der Waals surface area contributed by atoms with Gasteiger partial charge in [-0.15, -0.1) is 0 Å². The van der Waals surface area contributed by atoms with Gasteiger partial charge in [0.05, 0.1) is 10.6 Å². The number of aromatic nitrogens is 1. The lowest BCUT2D eigenvalue weighted by Crippen LogP contribution is -1.73. The number of H-pyrrole nitrogens is 1. The SMILES string of the molecule is N#Cc1c[nH]c2cc(Cl)cc(Cl)c12. The summed E-state index contributed by atoms with van der Waals surface area (Å²) in [5.74, 6) is 0. The molecule has 2 aromatic rings. The van der Waals surface area contributed by atoms with Crippen molar-refractivity contribution in [1.29, 1.82) is 5.26 Å². The molecule has 64 valence electrons. The van der Waals surface area contributed by atoms with Crippen LogP contribution in [0, 0.1) is 11.3 Å². The van der Waals surface area contributed by atoms with Crippen LogP contribution in [-0.4, -0.2) is 4.98 Å². The first-order valence-corrected chi connectivity index (χ1v) is 4.34. The lowest BCUT2D eigenvalue weighted by atomic mass is 10.2. The van der Waals surface area contributed by atoms with Gasteiger partial charge in [0.1, 0.15) is 6.07 Å². The van der Waals surface area contributed by atoms with Gasteiger partial charge in [-0.05, 0) is 12.1 Å². The molecule has 0 spiro atoms. The lowest BCUT2D eigenvalue weighted by Gasteiger charge is -1.95. The molecule has 4 heteroatoms. The summed E-state index contributed by atoms with van der Waals surface area (Å²) in [6, 6.07) is 5.42. The van der Waals surface area contributed by atoms with Crippen LogP contribution in [0.5, 0.6) is 0 Å². The van der Waals surface area contributed by atoms with Crippen molar-refractivity contribution < 1.29 is 0 Å². The van der Waals surface area contributed by atoms with E-state index in [2.05, 4.69) is 11.1 Å². The first-order chi connectivity index (χ1) is 6.22. The largest absolute Gasteiger partial charge is 0.360 e. The van der Waals surface area contributed by atoms with Gasteiger partial charge < -0.3 is 4.98 Å². The van der Waals surface area contributed by atoms with Gasteiger partial charge in [0.2, 0.25) is 0 Å². The molecule has 1 aromatic heterocycles. The quantitative estimate of drug-likeness (QED) is 0.712. The molecular weight excluding hydrogens is 207 g/mol. The summed E-state index contributed by atoms with van der Waals surface area (Å²) in [6.07, 6.45) is 1.62. The molecule has 13 heavy (non-hydrogen) atoms. The maximum Gasteiger partial charge on any atom is 0.101 e. The number of rotatable bonds is 0. The molecule has 2 nitrogen and oxygen atoms in total. The Kier molecular flexibility index (Phi) is 1.91. The molecule has 0 saturated carbocycles. The Morgan fingerprint density at radius 3 is 2.77 bits per heavy atom. The van der Waals surface area contributed by atoms with E-state index in [1.54, 1.807) is 18.3 Å². The number of hydrogen-bond donors (Lipinski definition) is 1. The van der Waals surface area contributed by atoms with E-state index >= 15 is 0 Å². The maximum atomic E-state index is 8.76. The maximum absolute atomic E-state index is 8.76. The summed E-state index contributed by atoms with van der Waals surface area (Å²) in [7, 11) is 0. The number of nitrogens with zero attached hydrogens (tertiary/aromatic N) is 1. The lowest BCUT2D eigenvalue weighted by molar-refractivity contribution is 1.45. The molecule has 1 heterocycles. The Morgan fingerprint density at radius 2 is 2.08 bits per heavy atom. The third kappa shape index (κ3) is 1.27. The van der Waals surface area contributed by atoms with Gasteiger partial charge in [0.25, 0.3) is 0 Å². The van der Waals surface area contributed by atoms with E-state index in [9.17, 15) is 0 Å².